The van der Waals surface area contributed by atoms with Crippen LogP contribution in [0.1, 0.15) is 38.2 Å². The fourth-order valence-corrected chi connectivity index (χ4v) is 3.14. The first-order valence-corrected chi connectivity index (χ1v) is 7.61. The second kappa shape index (κ2) is 6.74. The number of carbonyl (C=O) groups excluding carboxylic acids is 1. The number of likely N-dealkylation sites (tertiary alicyclic amines) is 1. The van der Waals surface area contributed by atoms with Crippen LogP contribution >= 0.6 is 0 Å². The number of hydrogen-bond acceptors (Lipinski definition) is 2. The molecule has 0 radical (unpaired) electrons. The van der Waals surface area contributed by atoms with Gasteiger partial charge in [0.15, 0.2) is 0 Å². The molecule has 1 aliphatic rings. The van der Waals surface area contributed by atoms with Gasteiger partial charge < -0.3 is 10.0 Å². The Balaban J connectivity index is 2.16. The lowest BCUT2D eigenvalue weighted by Crippen LogP contribution is -2.34. The lowest BCUT2D eigenvalue weighted by Gasteiger charge is -2.20. The first kappa shape index (κ1) is 15.5. The zero-order chi connectivity index (χ0) is 15.4. The third kappa shape index (κ3) is 3.43. The summed E-state index contributed by atoms with van der Waals surface area (Å²) in [5.74, 6) is -1.38. The molecule has 0 aliphatic carbocycles. The number of nitrogens with zero attached hydrogens (tertiary/aromatic N) is 1. The van der Waals surface area contributed by atoms with Crippen molar-refractivity contribution < 1.29 is 14.7 Å². The van der Waals surface area contributed by atoms with E-state index in [9.17, 15) is 14.7 Å². The highest BCUT2D eigenvalue weighted by Gasteiger charge is 2.41. The smallest absolute Gasteiger partial charge is 0.308 e. The first-order chi connectivity index (χ1) is 10.0. The van der Waals surface area contributed by atoms with Crippen LogP contribution < -0.4 is 0 Å². The maximum Gasteiger partial charge on any atom is 0.308 e. The predicted octanol–water partition coefficient (Wildman–Crippen LogP) is 2.75. The summed E-state index contributed by atoms with van der Waals surface area (Å²) in [5, 5.41) is 9.45. The Labute approximate surface area is 125 Å². The number of benzene rings is 1. The number of amides is 1. The summed E-state index contributed by atoms with van der Waals surface area (Å²) < 4.78 is 0. The van der Waals surface area contributed by atoms with Crippen molar-refractivity contribution >= 4 is 11.9 Å². The largest absolute Gasteiger partial charge is 0.481 e. The van der Waals surface area contributed by atoms with Gasteiger partial charge in [-0.2, -0.15) is 0 Å². The summed E-state index contributed by atoms with van der Waals surface area (Å²) in [7, 11) is 0. The molecule has 3 atom stereocenters. The molecule has 2 rings (SSSR count). The van der Waals surface area contributed by atoms with Crippen LogP contribution in [-0.2, 0) is 9.59 Å². The van der Waals surface area contributed by atoms with Gasteiger partial charge in [-0.1, -0.05) is 50.6 Å². The minimum absolute atomic E-state index is 0.0287. The Morgan fingerprint density at radius 1 is 1.29 bits per heavy atom. The summed E-state index contributed by atoms with van der Waals surface area (Å²) in [6.07, 6.45) is 1.81. The molecule has 4 nitrogen and oxygen atoms in total. The van der Waals surface area contributed by atoms with Crippen molar-refractivity contribution in [2.24, 2.45) is 11.8 Å². The molecular weight excluding hydrogens is 266 g/mol. The Morgan fingerprint density at radius 2 is 1.95 bits per heavy atom. The standard InChI is InChI=1S/C17H23NO3/c1-3-7-12(2)16(19)18-10-14(15(11-18)17(20)21)13-8-5-4-6-9-13/h4-6,8-9,12,14-15H,3,7,10-11H2,1-2H3,(H,20,21)/t12?,14-,15-/m0/s1. The summed E-state index contributed by atoms with van der Waals surface area (Å²) >= 11 is 0. The number of hydrogen-bond donors (Lipinski definition) is 1. The van der Waals surface area contributed by atoms with Crippen LogP contribution in [0.15, 0.2) is 30.3 Å². The summed E-state index contributed by atoms with van der Waals surface area (Å²) in [6.45, 7) is 4.81. The summed E-state index contributed by atoms with van der Waals surface area (Å²) in [6, 6.07) is 9.64. The molecule has 1 fully saturated rings. The van der Waals surface area contributed by atoms with Gasteiger partial charge in [-0.3, -0.25) is 9.59 Å². The van der Waals surface area contributed by atoms with Crippen LogP contribution in [0.3, 0.4) is 0 Å². The summed E-state index contributed by atoms with van der Waals surface area (Å²) in [5.41, 5.74) is 1.00. The second-order valence-corrected chi connectivity index (χ2v) is 5.89. The predicted molar refractivity (Wildman–Crippen MR) is 81.0 cm³/mol. The molecule has 1 N–H and O–H groups in total. The third-order valence-corrected chi connectivity index (χ3v) is 4.32. The van der Waals surface area contributed by atoms with Gasteiger partial charge in [0.1, 0.15) is 0 Å². The number of carboxylic acid groups (broad SMARTS) is 1. The Morgan fingerprint density at radius 3 is 2.52 bits per heavy atom. The van der Waals surface area contributed by atoms with Gasteiger partial charge in [0, 0.05) is 24.9 Å². The number of carboxylic acids is 1. The van der Waals surface area contributed by atoms with Crippen LogP contribution in [0.4, 0.5) is 0 Å². The Kier molecular flexibility index (Phi) is 4.99. The molecular formula is C17H23NO3. The monoisotopic (exact) mass is 289 g/mol. The topological polar surface area (TPSA) is 57.6 Å². The highest BCUT2D eigenvalue weighted by Crippen LogP contribution is 2.33. The van der Waals surface area contributed by atoms with Crippen molar-refractivity contribution in [1.82, 2.24) is 4.90 Å². The van der Waals surface area contributed by atoms with Crippen LogP contribution in [0.5, 0.6) is 0 Å². The van der Waals surface area contributed by atoms with E-state index in [1.807, 2.05) is 37.3 Å². The molecule has 1 unspecified atom stereocenters. The van der Waals surface area contributed by atoms with Gasteiger partial charge in [0.05, 0.1) is 5.92 Å². The molecule has 1 aromatic carbocycles. The van der Waals surface area contributed by atoms with E-state index in [1.165, 1.54) is 0 Å². The van der Waals surface area contributed by atoms with Gasteiger partial charge in [0.25, 0.3) is 0 Å². The number of aliphatic carboxylic acids is 1. The first-order valence-electron chi connectivity index (χ1n) is 7.61. The van der Waals surface area contributed by atoms with Crippen LogP contribution in [0.25, 0.3) is 0 Å². The normalized spacial score (nSPS) is 23.0. The maximum atomic E-state index is 12.4. The third-order valence-electron chi connectivity index (χ3n) is 4.32. The summed E-state index contributed by atoms with van der Waals surface area (Å²) in [4.78, 5) is 25.7. The van der Waals surface area contributed by atoms with Crippen LogP contribution in [0, 0.1) is 11.8 Å². The zero-order valence-corrected chi connectivity index (χ0v) is 12.7. The van der Waals surface area contributed by atoms with Crippen molar-refractivity contribution in [3.8, 4) is 0 Å². The van der Waals surface area contributed by atoms with E-state index in [0.29, 0.717) is 13.1 Å². The molecule has 1 heterocycles. The van der Waals surface area contributed by atoms with E-state index >= 15 is 0 Å². The second-order valence-electron chi connectivity index (χ2n) is 5.89. The molecule has 4 heteroatoms. The van der Waals surface area contributed by atoms with E-state index in [2.05, 4.69) is 6.92 Å². The van der Waals surface area contributed by atoms with Crippen LogP contribution in [-0.4, -0.2) is 35.0 Å². The van der Waals surface area contributed by atoms with Gasteiger partial charge in [0.2, 0.25) is 5.91 Å². The average molecular weight is 289 g/mol. The van der Waals surface area contributed by atoms with Gasteiger partial charge >= 0.3 is 5.97 Å². The Bertz CT molecular complexity index is 500. The van der Waals surface area contributed by atoms with Gasteiger partial charge in [-0.15, -0.1) is 0 Å². The lowest BCUT2D eigenvalue weighted by atomic mass is 9.89. The van der Waals surface area contributed by atoms with E-state index in [0.717, 1.165) is 18.4 Å². The quantitative estimate of drug-likeness (QED) is 0.906. The average Bonchev–Trinajstić information content (AvgIpc) is 2.93. The molecule has 21 heavy (non-hydrogen) atoms. The molecule has 1 saturated heterocycles. The maximum absolute atomic E-state index is 12.4. The molecule has 1 aliphatic heterocycles. The van der Waals surface area contributed by atoms with Crippen molar-refractivity contribution in [3.05, 3.63) is 35.9 Å². The van der Waals surface area contributed by atoms with E-state index in [4.69, 9.17) is 0 Å². The number of rotatable bonds is 5. The fraction of sp³-hybridized carbons (Fsp3) is 0.529. The zero-order valence-electron chi connectivity index (χ0n) is 12.7. The molecule has 0 bridgehead atoms. The molecule has 0 saturated carbocycles. The minimum Gasteiger partial charge on any atom is -0.481 e. The van der Waals surface area contributed by atoms with Crippen molar-refractivity contribution in [2.45, 2.75) is 32.6 Å². The highest BCUT2D eigenvalue weighted by atomic mass is 16.4. The van der Waals surface area contributed by atoms with Gasteiger partial charge in [-0.05, 0) is 12.0 Å². The highest BCUT2D eigenvalue weighted by molar-refractivity contribution is 5.81. The fourth-order valence-electron chi connectivity index (χ4n) is 3.14. The van der Waals surface area contributed by atoms with Gasteiger partial charge in [-0.25, -0.2) is 0 Å². The van der Waals surface area contributed by atoms with Crippen LogP contribution in [0.2, 0.25) is 0 Å². The van der Waals surface area contributed by atoms with Crippen molar-refractivity contribution in [1.29, 1.82) is 0 Å². The Hall–Kier alpha value is -1.84. The van der Waals surface area contributed by atoms with E-state index in [1.54, 1.807) is 4.90 Å². The SMILES string of the molecule is CCCC(C)C(=O)N1C[C@H](C(=O)O)[C@H](c2ccccc2)C1. The van der Waals surface area contributed by atoms with Crippen molar-refractivity contribution in [2.75, 3.05) is 13.1 Å². The van der Waals surface area contributed by atoms with E-state index < -0.39 is 11.9 Å². The molecule has 1 aromatic rings. The lowest BCUT2D eigenvalue weighted by molar-refractivity contribution is -0.142. The van der Waals surface area contributed by atoms with Crippen molar-refractivity contribution in [3.63, 3.8) is 0 Å². The minimum atomic E-state index is -0.817. The molecule has 114 valence electrons. The molecule has 1 amide bonds. The molecule has 0 aromatic heterocycles. The van der Waals surface area contributed by atoms with E-state index in [-0.39, 0.29) is 17.7 Å². The number of carbonyl (C=O) groups is 2. The molecule has 0 spiro atoms.